The van der Waals surface area contributed by atoms with Crippen LogP contribution >= 0.6 is 11.8 Å². The molecule has 1 saturated heterocycles. The Kier molecular flexibility index (Phi) is 7.93. The van der Waals surface area contributed by atoms with Gasteiger partial charge in [0.05, 0.1) is 18.0 Å². The van der Waals surface area contributed by atoms with Crippen LogP contribution in [0.2, 0.25) is 0 Å². The quantitative estimate of drug-likeness (QED) is 0.565. The number of primary amides is 1. The molecule has 0 saturated carbocycles. The first-order chi connectivity index (χ1) is 12.5. The summed E-state index contributed by atoms with van der Waals surface area (Å²) < 4.78 is 0. The average Bonchev–Trinajstić information content (AvgIpc) is 2.60. The maximum atomic E-state index is 12.5. The molecule has 1 aromatic rings. The van der Waals surface area contributed by atoms with Gasteiger partial charge in [-0.1, -0.05) is 18.6 Å². The molecular formula is C18H25N3O4S. The SMILES string of the molecule is NC(=O)CSc1ccccc1NC(=O)CN1CCCCC1CCC(=O)O. The number of thioether (sulfide) groups is 1. The summed E-state index contributed by atoms with van der Waals surface area (Å²) in [6, 6.07) is 7.41. The molecule has 1 atom stereocenters. The van der Waals surface area contributed by atoms with Crippen molar-refractivity contribution in [3.05, 3.63) is 24.3 Å². The summed E-state index contributed by atoms with van der Waals surface area (Å²) >= 11 is 1.29. The minimum atomic E-state index is -0.805. The minimum Gasteiger partial charge on any atom is -0.481 e. The van der Waals surface area contributed by atoms with Gasteiger partial charge in [-0.15, -0.1) is 11.8 Å². The van der Waals surface area contributed by atoms with Gasteiger partial charge in [-0.05, 0) is 37.9 Å². The predicted molar refractivity (Wildman–Crippen MR) is 101 cm³/mol. The van der Waals surface area contributed by atoms with E-state index in [-0.39, 0.29) is 30.7 Å². The number of carbonyl (C=O) groups is 3. The molecule has 26 heavy (non-hydrogen) atoms. The van der Waals surface area contributed by atoms with Crippen LogP contribution in [0.5, 0.6) is 0 Å². The highest BCUT2D eigenvalue weighted by atomic mass is 32.2. The molecule has 1 fully saturated rings. The highest BCUT2D eigenvalue weighted by Crippen LogP contribution is 2.27. The minimum absolute atomic E-state index is 0.120. The molecule has 1 unspecified atom stereocenters. The van der Waals surface area contributed by atoms with Gasteiger partial charge in [-0.25, -0.2) is 0 Å². The fraction of sp³-hybridized carbons (Fsp3) is 0.500. The summed E-state index contributed by atoms with van der Waals surface area (Å²) in [5.74, 6) is -1.21. The van der Waals surface area contributed by atoms with E-state index in [9.17, 15) is 14.4 Å². The molecule has 0 radical (unpaired) electrons. The van der Waals surface area contributed by atoms with Gasteiger partial charge in [-0.3, -0.25) is 19.3 Å². The molecule has 0 spiro atoms. The number of rotatable bonds is 9. The second-order valence-electron chi connectivity index (χ2n) is 6.35. The van der Waals surface area contributed by atoms with E-state index in [4.69, 9.17) is 10.8 Å². The highest BCUT2D eigenvalue weighted by molar-refractivity contribution is 8.00. The summed E-state index contributed by atoms with van der Waals surface area (Å²) in [6.45, 7) is 1.04. The van der Waals surface area contributed by atoms with Crippen LogP contribution in [-0.2, 0) is 14.4 Å². The lowest BCUT2D eigenvalue weighted by molar-refractivity contribution is -0.137. The van der Waals surface area contributed by atoms with Crippen LogP contribution in [0.15, 0.2) is 29.2 Å². The molecule has 8 heteroatoms. The number of nitrogens with zero attached hydrogens (tertiary/aromatic N) is 1. The number of nitrogens with one attached hydrogen (secondary N) is 1. The van der Waals surface area contributed by atoms with E-state index in [2.05, 4.69) is 10.2 Å². The second-order valence-corrected chi connectivity index (χ2v) is 7.37. The summed E-state index contributed by atoms with van der Waals surface area (Å²) in [7, 11) is 0. The molecule has 1 aromatic carbocycles. The molecule has 1 heterocycles. The van der Waals surface area contributed by atoms with Gasteiger partial charge >= 0.3 is 5.97 Å². The van der Waals surface area contributed by atoms with E-state index < -0.39 is 11.9 Å². The number of carboxylic acids is 1. The number of anilines is 1. The van der Waals surface area contributed by atoms with E-state index in [1.54, 1.807) is 6.07 Å². The Morgan fingerprint density at radius 1 is 1.27 bits per heavy atom. The first-order valence-electron chi connectivity index (χ1n) is 8.71. The van der Waals surface area contributed by atoms with Crippen LogP contribution in [0, 0.1) is 0 Å². The zero-order valence-corrected chi connectivity index (χ0v) is 15.5. The molecule has 2 rings (SSSR count). The topological polar surface area (TPSA) is 113 Å². The summed E-state index contributed by atoms with van der Waals surface area (Å²) in [5.41, 5.74) is 5.84. The second kappa shape index (κ2) is 10.2. The number of hydrogen-bond acceptors (Lipinski definition) is 5. The Morgan fingerprint density at radius 2 is 2.04 bits per heavy atom. The van der Waals surface area contributed by atoms with Gasteiger partial charge in [0, 0.05) is 17.4 Å². The van der Waals surface area contributed by atoms with Crippen LogP contribution in [0.25, 0.3) is 0 Å². The van der Waals surface area contributed by atoms with Gasteiger partial charge in [0.15, 0.2) is 0 Å². The van der Waals surface area contributed by atoms with E-state index in [0.29, 0.717) is 12.1 Å². The van der Waals surface area contributed by atoms with Gasteiger partial charge in [-0.2, -0.15) is 0 Å². The Bertz CT molecular complexity index is 653. The molecule has 4 N–H and O–H groups in total. The van der Waals surface area contributed by atoms with E-state index in [0.717, 1.165) is 30.7 Å². The van der Waals surface area contributed by atoms with Crippen molar-refractivity contribution in [1.82, 2.24) is 4.90 Å². The van der Waals surface area contributed by atoms with E-state index in [1.165, 1.54) is 11.8 Å². The van der Waals surface area contributed by atoms with Crippen LogP contribution < -0.4 is 11.1 Å². The molecule has 0 aliphatic carbocycles. The number of para-hydroxylation sites is 1. The van der Waals surface area contributed by atoms with Crippen molar-refractivity contribution < 1.29 is 19.5 Å². The smallest absolute Gasteiger partial charge is 0.303 e. The molecule has 142 valence electrons. The Labute approximate surface area is 157 Å². The molecule has 1 aliphatic rings. The Balaban J connectivity index is 1.94. The first-order valence-corrected chi connectivity index (χ1v) is 9.70. The van der Waals surface area contributed by atoms with E-state index in [1.807, 2.05) is 18.2 Å². The van der Waals surface area contributed by atoms with Crippen molar-refractivity contribution in [2.45, 2.75) is 43.0 Å². The van der Waals surface area contributed by atoms with Crippen molar-refractivity contribution in [2.75, 3.05) is 24.2 Å². The van der Waals surface area contributed by atoms with Crippen LogP contribution in [0.3, 0.4) is 0 Å². The van der Waals surface area contributed by atoms with Crippen LogP contribution in [0.4, 0.5) is 5.69 Å². The average molecular weight is 379 g/mol. The summed E-state index contributed by atoms with van der Waals surface area (Å²) in [4.78, 5) is 37.2. The largest absolute Gasteiger partial charge is 0.481 e. The van der Waals surface area contributed by atoms with Crippen molar-refractivity contribution in [1.29, 1.82) is 0 Å². The predicted octanol–water partition coefficient (Wildman–Crippen LogP) is 1.92. The third kappa shape index (κ3) is 6.68. The fourth-order valence-electron chi connectivity index (χ4n) is 3.10. The zero-order chi connectivity index (χ0) is 18.9. The Hall–Kier alpha value is -2.06. The van der Waals surface area contributed by atoms with Crippen LogP contribution in [-0.4, -0.2) is 52.7 Å². The fourth-order valence-corrected chi connectivity index (χ4v) is 3.85. The normalized spacial score (nSPS) is 17.6. The molecular weight excluding hydrogens is 354 g/mol. The zero-order valence-electron chi connectivity index (χ0n) is 14.6. The standard InChI is InChI=1S/C18H25N3O4S/c19-16(22)12-26-15-7-2-1-6-14(15)20-17(23)11-21-10-4-3-5-13(21)8-9-18(24)25/h1-2,6-7,13H,3-5,8-12H2,(H2,19,22)(H,20,23)(H,24,25). The van der Waals surface area contributed by atoms with Gasteiger partial charge in [0.25, 0.3) is 0 Å². The lowest BCUT2D eigenvalue weighted by atomic mass is 9.98. The number of piperidine rings is 1. The van der Waals surface area contributed by atoms with Crippen molar-refractivity contribution in [3.8, 4) is 0 Å². The number of nitrogens with two attached hydrogens (primary N) is 1. The highest BCUT2D eigenvalue weighted by Gasteiger charge is 2.25. The molecule has 1 aliphatic heterocycles. The maximum Gasteiger partial charge on any atom is 0.303 e. The molecule has 0 bridgehead atoms. The van der Waals surface area contributed by atoms with Gasteiger partial charge in [0.1, 0.15) is 0 Å². The third-order valence-electron chi connectivity index (χ3n) is 4.32. The van der Waals surface area contributed by atoms with Crippen molar-refractivity contribution in [2.24, 2.45) is 5.73 Å². The van der Waals surface area contributed by atoms with Crippen molar-refractivity contribution in [3.63, 3.8) is 0 Å². The lowest BCUT2D eigenvalue weighted by Gasteiger charge is -2.35. The monoisotopic (exact) mass is 379 g/mol. The number of aliphatic carboxylic acids is 1. The summed E-state index contributed by atoms with van der Waals surface area (Å²) in [5, 5.41) is 11.8. The number of carboxylic acid groups (broad SMARTS) is 1. The molecule has 2 amide bonds. The number of likely N-dealkylation sites (tertiary alicyclic amines) is 1. The number of amides is 2. The molecule has 7 nitrogen and oxygen atoms in total. The van der Waals surface area contributed by atoms with E-state index >= 15 is 0 Å². The third-order valence-corrected chi connectivity index (χ3v) is 5.41. The number of hydrogen-bond donors (Lipinski definition) is 3. The van der Waals surface area contributed by atoms with Gasteiger partial charge < -0.3 is 16.2 Å². The summed E-state index contributed by atoms with van der Waals surface area (Å²) in [6.07, 6.45) is 3.69. The maximum absolute atomic E-state index is 12.5. The lowest BCUT2D eigenvalue weighted by Crippen LogP contribution is -2.44. The Morgan fingerprint density at radius 3 is 2.77 bits per heavy atom. The number of benzene rings is 1. The van der Waals surface area contributed by atoms with Gasteiger partial charge in [0.2, 0.25) is 11.8 Å². The number of carbonyl (C=O) groups excluding carboxylic acids is 2. The van der Waals surface area contributed by atoms with Crippen molar-refractivity contribution >= 4 is 35.2 Å². The first kappa shape index (κ1) is 20.3. The molecule has 0 aromatic heterocycles. The van der Waals surface area contributed by atoms with Crippen LogP contribution in [0.1, 0.15) is 32.1 Å².